The van der Waals surface area contributed by atoms with Gasteiger partial charge in [0.2, 0.25) is 0 Å². The smallest absolute Gasteiger partial charge is 0.0704 e. The molecular weight excluding hydrogens is 338 g/mol. The molecule has 0 bridgehead atoms. The fourth-order valence-corrected chi connectivity index (χ4v) is 4.42. The summed E-state index contributed by atoms with van der Waals surface area (Å²) in [5.41, 5.74) is 10.2. The van der Waals surface area contributed by atoms with Gasteiger partial charge < -0.3 is 20.3 Å². The zero-order chi connectivity index (χ0) is 19.3. The van der Waals surface area contributed by atoms with Crippen LogP contribution in [0.2, 0.25) is 0 Å². The first-order valence-corrected chi connectivity index (χ1v) is 10.7. The number of benzene rings is 1. The Morgan fingerprint density at radius 1 is 1.19 bits per heavy atom. The van der Waals surface area contributed by atoms with Crippen LogP contribution < -0.4 is 5.73 Å². The number of aliphatic hydroxyl groups is 1. The minimum absolute atomic E-state index is 0.0919. The monoisotopic (exact) mass is 375 g/mol. The molecule has 3 atom stereocenters. The molecule has 0 amide bonds. The number of hydrogen-bond acceptors (Lipinski definition) is 4. The van der Waals surface area contributed by atoms with Crippen molar-refractivity contribution in [3.8, 4) is 0 Å². The molecule has 0 saturated heterocycles. The first-order chi connectivity index (χ1) is 13.0. The zero-order valence-corrected chi connectivity index (χ0v) is 17.1. The summed E-state index contributed by atoms with van der Waals surface area (Å²) < 4.78 is 11.7. The molecule has 2 aliphatic carbocycles. The number of nitrogens with two attached hydrogens (primary N) is 1. The summed E-state index contributed by atoms with van der Waals surface area (Å²) in [5.74, 6) is 1.18. The average Bonchev–Trinajstić information content (AvgIpc) is 3.07. The molecular formula is C23H37NO3. The van der Waals surface area contributed by atoms with E-state index in [0.717, 1.165) is 51.6 Å². The SMILES string of the molecule is CC(C)CCOCCOC1CCc2cc([C@H]3CC[C@](N)(CO)C3)ccc2C1. The van der Waals surface area contributed by atoms with Gasteiger partial charge in [-0.3, -0.25) is 0 Å². The van der Waals surface area contributed by atoms with Crippen molar-refractivity contribution in [2.45, 2.75) is 76.4 Å². The van der Waals surface area contributed by atoms with Gasteiger partial charge in [0.25, 0.3) is 0 Å². The van der Waals surface area contributed by atoms with Crippen LogP contribution in [-0.2, 0) is 22.3 Å². The van der Waals surface area contributed by atoms with E-state index in [9.17, 15) is 5.11 Å². The second-order valence-corrected chi connectivity index (χ2v) is 9.02. The van der Waals surface area contributed by atoms with Crippen LogP contribution in [0, 0.1) is 5.92 Å². The predicted molar refractivity (Wildman–Crippen MR) is 109 cm³/mol. The maximum absolute atomic E-state index is 9.51. The van der Waals surface area contributed by atoms with Crippen molar-refractivity contribution >= 4 is 0 Å². The lowest BCUT2D eigenvalue weighted by Gasteiger charge is -2.26. The van der Waals surface area contributed by atoms with Gasteiger partial charge in [-0.05, 0) is 73.5 Å². The Hall–Kier alpha value is -0.940. The summed E-state index contributed by atoms with van der Waals surface area (Å²) in [6.07, 6.45) is 7.50. The van der Waals surface area contributed by atoms with E-state index in [1.165, 1.54) is 16.7 Å². The van der Waals surface area contributed by atoms with E-state index >= 15 is 0 Å². The Labute approximate surface area is 164 Å². The van der Waals surface area contributed by atoms with Crippen LogP contribution in [0.5, 0.6) is 0 Å². The quantitative estimate of drug-likeness (QED) is 0.648. The Kier molecular flexibility index (Phi) is 7.32. The number of fused-ring (bicyclic) bond motifs is 1. The third-order valence-electron chi connectivity index (χ3n) is 6.26. The number of ether oxygens (including phenoxy) is 2. The Morgan fingerprint density at radius 3 is 2.78 bits per heavy atom. The van der Waals surface area contributed by atoms with Gasteiger partial charge in [-0.25, -0.2) is 0 Å². The second kappa shape index (κ2) is 9.51. The molecule has 1 fully saturated rings. The number of rotatable bonds is 9. The first-order valence-electron chi connectivity index (χ1n) is 10.7. The molecule has 0 radical (unpaired) electrons. The highest BCUT2D eigenvalue weighted by Gasteiger charge is 2.36. The van der Waals surface area contributed by atoms with Gasteiger partial charge in [-0.2, -0.15) is 0 Å². The molecule has 0 aromatic heterocycles. The van der Waals surface area contributed by atoms with Gasteiger partial charge in [0.1, 0.15) is 0 Å². The summed E-state index contributed by atoms with van der Waals surface area (Å²) in [7, 11) is 0. The minimum atomic E-state index is -0.378. The highest BCUT2D eigenvalue weighted by molar-refractivity contribution is 5.36. The van der Waals surface area contributed by atoms with Crippen LogP contribution in [0.25, 0.3) is 0 Å². The maximum atomic E-state index is 9.51. The van der Waals surface area contributed by atoms with E-state index in [-0.39, 0.29) is 12.1 Å². The molecule has 1 aromatic rings. The van der Waals surface area contributed by atoms with Gasteiger partial charge >= 0.3 is 0 Å². The van der Waals surface area contributed by atoms with Crippen LogP contribution in [0.3, 0.4) is 0 Å². The molecule has 27 heavy (non-hydrogen) atoms. The van der Waals surface area contributed by atoms with Crippen LogP contribution in [-0.4, -0.2) is 43.2 Å². The standard InChI is InChI=1S/C23H37NO3/c1-17(2)8-10-26-11-12-27-22-6-5-18-13-19(3-4-20(18)14-22)21-7-9-23(24,15-21)16-25/h3-4,13,17,21-22,25H,5-12,14-16,24H2,1-2H3/t21-,22?,23+/m0/s1. The molecule has 4 heteroatoms. The van der Waals surface area contributed by atoms with Crippen molar-refractivity contribution in [3.05, 3.63) is 34.9 Å². The zero-order valence-electron chi connectivity index (χ0n) is 17.1. The molecule has 3 rings (SSSR count). The van der Waals surface area contributed by atoms with Crippen LogP contribution >= 0.6 is 0 Å². The van der Waals surface area contributed by atoms with Crippen molar-refractivity contribution in [1.82, 2.24) is 0 Å². The van der Waals surface area contributed by atoms with Gasteiger partial charge in [0.15, 0.2) is 0 Å². The first kappa shape index (κ1) is 20.8. The van der Waals surface area contributed by atoms with Crippen molar-refractivity contribution in [3.63, 3.8) is 0 Å². The topological polar surface area (TPSA) is 64.7 Å². The minimum Gasteiger partial charge on any atom is -0.394 e. The summed E-state index contributed by atoms with van der Waals surface area (Å²) in [5, 5.41) is 9.51. The fourth-order valence-electron chi connectivity index (χ4n) is 4.42. The molecule has 2 aliphatic rings. The highest BCUT2D eigenvalue weighted by atomic mass is 16.5. The van der Waals surface area contributed by atoms with Gasteiger partial charge in [-0.15, -0.1) is 0 Å². The van der Waals surface area contributed by atoms with E-state index < -0.39 is 0 Å². The molecule has 4 nitrogen and oxygen atoms in total. The van der Waals surface area contributed by atoms with Crippen LogP contribution in [0.15, 0.2) is 18.2 Å². The predicted octanol–water partition coefficient (Wildman–Crippen LogP) is 3.58. The van der Waals surface area contributed by atoms with E-state index in [0.29, 0.717) is 31.2 Å². The van der Waals surface area contributed by atoms with Crippen LogP contribution in [0.1, 0.15) is 68.6 Å². The van der Waals surface area contributed by atoms with E-state index in [2.05, 4.69) is 32.0 Å². The summed E-state index contributed by atoms with van der Waals surface area (Å²) in [4.78, 5) is 0. The van der Waals surface area contributed by atoms with Gasteiger partial charge in [-0.1, -0.05) is 32.0 Å². The van der Waals surface area contributed by atoms with Crippen molar-refractivity contribution in [2.75, 3.05) is 26.4 Å². The van der Waals surface area contributed by atoms with E-state index in [1.807, 2.05) is 0 Å². The molecule has 152 valence electrons. The normalized spacial score (nSPS) is 27.9. The molecule has 0 heterocycles. The van der Waals surface area contributed by atoms with E-state index in [4.69, 9.17) is 15.2 Å². The lowest BCUT2D eigenvalue weighted by atomic mass is 9.85. The number of aryl methyl sites for hydroxylation is 1. The Bertz CT molecular complexity index is 603. The third kappa shape index (κ3) is 5.77. The Balaban J connectivity index is 1.45. The molecule has 1 saturated carbocycles. The summed E-state index contributed by atoms with van der Waals surface area (Å²) in [6.45, 7) is 6.75. The summed E-state index contributed by atoms with van der Waals surface area (Å²) in [6, 6.07) is 6.94. The van der Waals surface area contributed by atoms with Crippen LogP contribution in [0.4, 0.5) is 0 Å². The lowest BCUT2D eigenvalue weighted by Crippen LogP contribution is -2.40. The number of aliphatic hydroxyl groups excluding tert-OH is 1. The highest BCUT2D eigenvalue weighted by Crippen LogP contribution is 2.40. The van der Waals surface area contributed by atoms with E-state index in [1.54, 1.807) is 0 Å². The fraction of sp³-hybridized carbons (Fsp3) is 0.739. The van der Waals surface area contributed by atoms with Crippen molar-refractivity contribution < 1.29 is 14.6 Å². The largest absolute Gasteiger partial charge is 0.394 e. The molecule has 3 N–H and O–H groups in total. The van der Waals surface area contributed by atoms with Gasteiger partial charge in [0.05, 0.1) is 25.9 Å². The average molecular weight is 376 g/mol. The summed E-state index contributed by atoms with van der Waals surface area (Å²) >= 11 is 0. The van der Waals surface area contributed by atoms with Crippen molar-refractivity contribution in [2.24, 2.45) is 11.7 Å². The molecule has 0 aliphatic heterocycles. The lowest BCUT2D eigenvalue weighted by molar-refractivity contribution is -0.00218. The number of hydrogen-bond donors (Lipinski definition) is 2. The van der Waals surface area contributed by atoms with Crippen molar-refractivity contribution in [1.29, 1.82) is 0 Å². The maximum Gasteiger partial charge on any atom is 0.0704 e. The second-order valence-electron chi connectivity index (χ2n) is 9.02. The third-order valence-corrected chi connectivity index (χ3v) is 6.26. The Morgan fingerprint density at radius 2 is 2.04 bits per heavy atom. The molecule has 0 spiro atoms. The molecule has 1 unspecified atom stereocenters. The van der Waals surface area contributed by atoms with Gasteiger partial charge in [0, 0.05) is 12.1 Å². The molecule has 1 aromatic carbocycles.